The molecular formula is C32H32O4. The van der Waals surface area contributed by atoms with Crippen LogP contribution in [0, 0.1) is 0 Å². The van der Waals surface area contributed by atoms with E-state index in [4.69, 9.17) is 18.9 Å². The molecule has 0 aromatic heterocycles. The first-order valence-electron chi connectivity index (χ1n) is 12.2. The lowest BCUT2D eigenvalue weighted by atomic mass is 9.99. The predicted molar refractivity (Wildman–Crippen MR) is 145 cm³/mol. The van der Waals surface area contributed by atoms with E-state index in [1.807, 2.05) is 0 Å². The van der Waals surface area contributed by atoms with Gasteiger partial charge in [0.05, 0.1) is 28.4 Å². The van der Waals surface area contributed by atoms with E-state index in [1.54, 1.807) is 28.4 Å². The first-order chi connectivity index (χ1) is 17.5. The first kappa shape index (κ1) is 23.8. The SMILES string of the molecule is COc1cc2c(cc1OC)[C@H](C)c1ccccc1-2.COc1cc2c(cc1OC)[C@H](C)c1ccccc1-2. The number of hydrogen-bond donors (Lipinski definition) is 0. The van der Waals surface area contributed by atoms with Gasteiger partial charge in [-0.2, -0.15) is 0 Å². The number of methoxy groups -OCH3 is 4. The second-order valence-electron chi connectivity index (χ2n) is 9.21. The smallest absolute Gasteiger partial charge is 0.161 e. The maximum atomic E-state index is 5.39. The van der Waals surface area contributed by atoms with Crippen LogP contribution in [0.2, 0.25) is 0 Å². The molecule has 0 amide bonds. The van der Waals surface area contributed by atoms with Crippen molar-refractivity contribution in [2.75, 3.05) is 28.4 Å². The minimum Gasteiger partial charge on any atom is -0.493 e. The molecule has 0 saturated heterocycles. The molecule has 2 aliphatic rings. The average Bonchev–Trinajstić information content (AvgIpc) is 3.37. The molecule has 0 fully saturated rings. The van der Waals surface area contributed by atoms with Crippen LogP contribution >= 0.6 is 0 Å². The van der Waals surface area contributed by atoms with E-state index < -0.39 is 0 Å². The third-order valence-electron chi connectivity index (χ3n) is 7.48. The van der Waals surface area contributed by atoms with E-state index >= 15 is 0 Å². The molecule has 6 rings (SSSR count). The summed E-state index contributed by atoms with van der Waals surface area (Å²) in [5.74, 6) is 4.01. The monoisotopic (exact) mass is 480 g/mol. The van der Waals surface area contributed by atoms with Crippen molar-refractivity contribution in [3.63, 3.8) is 0 Å². The van der Waals surface area contributed by atoms with Crippen LogP contribution in [0.4, 0.5) is 0 Å². The van der Waals surface area contributed by atoms with Gasteiger partial charge in [-0.3, -0.25) is 0 Å². The largest absolute Gasteiger partial charge is 0.493 e. The van der Waals surface area contributed by atoms with Gasteiger partial charge in [-0.25, -0.2) is 0 Å². The molecule has 4 aromatic carbocycles. The standard InChI is InChI=1S/2C16H16O2/c2*1-10-11-6-4-5-7-12(11)14-9-16(18-3)15(17-2)8-13(10)14/h2*4-10H,1-3H3/t2*10-/m11/s1. The Morgan fingerprint density at radius 2 is 0.750 bits per heavy atom. The average molecular weight is 481 g/mol. The molecular weight excluding hydrogens is 448 g/mol. The van der Waals surface area contributed by atoms with Gasteiger partial charge in [0.15, 0.2) is 23.0 Å². The molecule has 184 valence electrons. The van der Waals surface area contributed by atoms with Crippen LogP contribution < -0.4 is 18.9 Å². The molecule has 0 spiro atoms. The van der Waals surface area contributed by atoms with Crippen LogP contribution in [-0.4, -0.2) is 28.4 Å². The Morgan fingerprint density at radius 3 is 1.11 bits per heavy atom. The fourth-order valence-corrected chi connectivity index (χ4v) is 5.55. The summed E-state index contributed by atoms with van der Waals surface area (Å²) in [6.45, 7) is 4.47. The lowest BCUT2D eigenvalue weighted by molar-refractivity contribution is 0.354. The summed E-state index contributed by atoms with van der Waals surface area (Å²) in [6, 6.07) is 25.4. The highest BCUT2D eigenvalue weighted by molar-refractivity contribution is 5.82. The molecule has 0 unspecified atom stereocenters. The number of benzene rings is 4. The Balaban J connectivity index is 0.000000148. The molecule has 0 aliphatic heterocycles. The zero-order valence-electron chi connectivity index (χ0n) is 21.7. The van der Waals surface area contributed by atoms with E-state index in [0.717, 1.165) is 23.0 Å². The highest BCUT2D eigenvalue weighted by Gasteiger charge is 2.28. The maximum absolute atomic E-state index is 5.39. The van der Waals surface area contributed by atoms with E-state index in [0.29, 0.717) is 11.8 Å². The van der Waals surface area contributed by atoms with E-state index in [1.165, 1.54) is 44.5 Å². The summed E-state index contributed by atoms with van der Waals surface area (Å²) < 4.78 is 21.5. The van der Waals surface area contributed by atoms with Crippen molar-refractivity contribution in [3.05, 3.63) is 95.1 Å². The van der Waals surface area contributed by atoms with Crippen molar-refractivity contribution < 1.29 is 18.9 Å². The Morgan fingerprint density at radius 1 is 0.417 bits per heavy atom. The van der Waals surface area contributed by atoms with Crippen molar-refractivity contribution >= 4 is 0 Å². The second kappa shape index (κ2) is 9.62. The van der Waals surface area contributed by atoms with Crippen LogP contribution in [0.25, 0.3) is 22.3 Å². The van der Waals surface area contributed by atoms with Crippen LogP contribution in [0.5, 0.6) is 23.0 Å². The van der Waals surface area contributed by atoms with Gasteiger partial charge in [0.2, 0.25) is 0 Å². The summed E-state index contributed by atoms with van der Waals surface area (Å²) in [7, 11) is 6.71. The van der Waals surface area contributed by atoms with Gasteiger partial charge in [0.25, 0.3) is 0 Å². The van der Waals surface area contributed by atoms with Crippen molar-refractivity contribution in [1.82, 2.24) is 0 Å². The third kappa shape index (κ3) is 3.78. The lowest BCUT2D eigenvalue weighted by Gasteiger charge is -2.12. The Kier molecular flexibility index (Phi) is 6.36. The zero-order chi connectivity index (χ0) is 25.4. The molecule has 0 radical (unpaired) electrons. The molecule has 4 heteroatoms. The normalized spacial score (nSPS) is 16.1. The topological polar surface area (TPSA) is 36.9 Å². The molecule has 0 heterocycles. The quantitative estimate of drug-likeness (QED) is 0.300. The van der Waals surface area contributed by atoms with Crippen molar-refractivity contribution in [2.45, 2.75) is 25.7 Å². The van der Waals surface area contributed by atoms with Crippen molar-refractivity contribution in [3.8, 4) is 45.3 Å². The molecule has 4 nitrogen and oxygen atoms in total. The number of rotatable bonds is 4. The van der Waals surface area contributed by atoms with Gasteiger partial charge in [-0.1, -0.05) is 62.4 Å². The second-order valence-corrected chi connectivity index (χ2v) is 9.21. The predicted octanol–water partition coefficient (Wildman–Crippen LogP) is 7.67. The highest BCUT2D eigenvalue weighted by atomic mass is 16.5. The molecule has 2 aliphatic carbocycles. The minimum atomic E-state index is 0.413. The van der Waals surface area contributed by atoms with Crippen molar-refractivity contribution in [1.29, 1.82) is 0 Å². The van der Waals surface area contributed by atoms with Gasteiger partial charge in [0.1, 0.15) is 0 Å². The molecule has 0 N–H and O–H groups in total. The molecule has 0 saturated carbocycles. The maximum Gasteiger partial charge on any atom is 0.161 e. The van der Waals surface area contributed by atoms with E-state index in [9.17, 15) is 0 Å². The van der Waals surface area contributed by atoms with E-state index in [2.05, 4.69) is 86.6 Å². The molecule has 4 aromatic rings. The molecule has 36 heavy (non-hydrogen) atoms. The van der Waals surface area contributed by atoms with Gasteiger partial charge < -0.3 is 18.9 Å². The van der Waals surface area contributed by atoms with Crippen LogP contribution in [0.1, 0.15) is 47.9 Å². The van der Waals surface area contributed by atoms with Crippen LogP contribution in [-0.2, 0) is 0 Å². The molecule has 0 bridgehead atoms. The summed E-state index contributed by atoms with van der Waals surface area (Å²) in [5, 5.41) is 0. The fourth-order valence-electron chi connectivity index (χ4n) is 5.55. The molecule has 2 atom stereocenters. The first-order valence-corrected chi connectivity index (χ1v) is 12.2. The summed E-state index contributed by atoms with van der Waals surface area (Å²) in [5.41, 5.74) is 10.5. The Labute approximate surface area is 213 Å². The Hall–Kier alpha value is -3.92. The van der Waals surface area contributed by atoms with Crippen molar-refractivity contribution in [2.24, 2.45) is 0 Å². The number of ether oxygens (including phenoxy) is 4. The highest BCUT2D eigenvalue weighted by Crippen LogP contribution is 2.49. The van der Waals surface area contributed by atoms with E-state index in [-0.39, 0.29) is 0 Å². The Bertz CT molecular complexity index is 1310. The summed E-state index contributed by atoms with van der Waals surface area (Å²) >= 11 is 0. The number of hydrogen-bond acceptors (Lipinski definition) is 4. The van der Waals surface area contributed by atoms with Gasteiger partial charge in [-0.05, 0) is 68.8 Å². The summed E-state index contributed by atoms with van der Waals surface area (Å²) in [4.78, 5) is 0. The van der Waals surface area contributed by atoms with Gasteiger partial charge in [-0.15, -0.1) is 0 Å². The minimum absolute atomic E-state index is 0.413. The van der Waals surface area contributed by atoms with Crippen LogP contribution in [0.15, 0.2) is 72.8 Å². The number of fused-ring (bicyclic) bond motifs is 6. The fraction of sp³-hybridized carbons (Fsp3) is 0.250. The van der Waals surface area contributed by atoms with Crippen LogP contribution in [0.3, 0.4) is 0 Å². The summed E-state index contributed by atoms with van der Waals surface area (Å²) in [6.07, 6.45) is 0. The van der Waals surface area contributed by atoms with Gasteiger partial charge >= 0.3 is 0 Å². The van der Waals surface area contributed by atoms with Gasteiger partial charge in [0, 0.05) is 11.8 Å². The zero-order valence-corrected chi connectivity index (χ0v) is 21.7. The lowest BCUT2D eigenvalue weighted by Crippen LogP contribution is -1.94. The third-order valence-corrected chi connectivity index (χ3v) is 7.48.